The molecule has 8 heteroatoms. The Morgan fingerprint density at radius 2 is 1.68 bits per heavy atom. The van der Waals surface area contributed by atoms with Crippen molar-refractivity contribution in [2.45, 2.75) is 12.6 Å². The normalized spacial score (nSPS) is 19.2. The number of benzene rings is 1. The van der Waals surface area contributed by atoms with Gasteiger partial charge in [-0.15, -0.1) is 0 Å². The van der Waals surface area contributed by atoms with Crippen molar-refractivity contribution < 1.29 is 18.1 Å². The topological polar surface area (TPSA) is 93.1 Å². The zero-order valence-corrected chi connectivity index (χ0v) is 13.2. The van der Waals surface area contributed by atoms with Crippen LogP contribution in [0.2, 0.25) is 0 Å². The Hall–Kier alpha value is -1.03. The monoisotopic (exact) mass is 329 g/mol. The Labute approximate surface area is 131 Å². The summed E-state index contributed by atoms with van der Waals surface area (Å²) >= 11 is 0. The molecule has 1 unspecified atom stereocenters. The second-order valence-electron chi connectivity index (χ2n) is 5.54. The molecule has 0 spiro atoms. The number of hydrogen-bond donors (Lipinski definition) is 3. The van der Waals surface area contributed by atoms with Crippen LogP contribution in [0, 0.1) is 0 Å². The molecular weight excluding hydrogens is 306 g/mol. The molecule has 22 heavy (non-hydrogen) atoms. The summed E-state index contributed by atoms with van der Waals surface area (Å²) in [4.78, 5) is 4.45. The molecule has 1 fully saturated rings. The Morgan fingerprint density at radius 3 is 2.27 bits per heavy atom. The van der Waals surface area contributed by atoms with Gasteiger partial charge in [0.1, 0.15) is 0 Å². The quantitative estimate of drug-likeness (QED) is 0.587. The number of piperazine rings is 1. The van der Waals surface area contributed by atoms with Crippen LogP contribution in [0.15, 0.2) is 30.3 Å². The number of hydrogen-bond acceptors (Lipinski definition) is 5. The smallest absolute Gasteiger partial charge is 0.333 e. The number of rotatable bonds is 7. The van der Waals surface area contributed by atoms with Crippen molar-refractivity contribution in [1.82, 2.24) is 14.5 Å². The minimum absolute atomic E-state index is 0.178. The molecular formula is C14H23N3O4S. The van der Waals surface area contributed by atoms with Crippen molar-refractivity contribution >= 4 is 10.3 Å². The van der Waals surface area contributed by atoms with Crippen molar-refractivity contribution in [2.24, 2.45) is 0 Å². The highest BCUT2D eigenvalue weighted by Crippen LogP contribution is 2.08. The first-order valence-corrected chi connectivity index (χ1v) is 8.75. The summed E-state index contributed by atoms with van der Waals surface area (Å²) < 4.78 is 31.6. The van der Waals surface area contributed by atoms with E-state index < -0.39 is 16.4 Å². The van der Waals surface area contributed by atoms with E-state index in [1.54, 1.807) is 0 Å². The molecule has 1 atom stereocenters. The fourth-order valence-electron chi connectivity index (χ4n) is 2.54. The van der Waals surface area contributed by atoms with Gasteiger partial charge in [-0.05, 0) is 5.56 Å². The molecule has 2 rings (SSSR count). The standard InChI is InChI=1S/C14H23N3O4S/c18-14(10-15-22(19,20)21)12-17-8-6-16(7-9-17)11-13-4-2-1-3-5-13/h1-5,14-15,18H,6-12H2,(H,19,20,21). The van der Waals surface area contributed by atoms with E-state index in [0.717, 1.165) is 32.7 Å². The van der Waals surface area contributed by atoms with E-state index in [4.69, 9.17) is 4.55 Å². The van der Waals surface area contributed by atoms with E-state index in [-0.39, 0.29) is 6.54 Å². The predicted octanol–water partition coefficient (Wildman–Crippen LogP) is -0.442. The van der Waals surface area contributed by atoms with Gasteiger partial charge in [0.25, 0.3) is 0 Å². The minimum Gasteiger partial charge on any atom is -0.390 e. The highest BCUT2D eigenvalue weighted by molar-refractivity contribution is 7.83. The van der Waals surface area contributed by atoms with Gasteiger partial charge in [0.2, 0.25) is 0 Å². The maximum absolute atomic E-state index is 10.6. The molecule has 0 radical (unpaired) electrons. The molecule has 0 bridgehead atoms. The number of nitrogens with one attached hydrogen (secondary N) is 1. The van der Waals surface area contributed by atoms with Crippen molar-refractivity contribution in [2.75, 3.05) is 39.3 Å². The summed E-state index contributed by atoms with van der Waals surface area (Å²) in [6.45, 7) is 4.61. The molecule has 1 heterocycles. The lowest BCUT2D eigenvalue weighted by atomic mass is 10.2. The van der Waals surface area contributed by atoms with Gasteiger partial charge in [-0.2, -0.15) is 13.1 Å². The average Bonchev–Trinajstić information content (AvgIpc) is 2.48. The van der Waals surface area contributed by atoms with Crippen molar-refractivity contribution in [3.05, 3.63) is 35.9 Å². The van der Waals surface area contributed by atoms with Gasteiger partial charge < -0.3 is 5.11 Å². The Balaban J connectivity index is 1.68. The molecule has 7 nitrogen and oxygen atoms in total. The van der Waals surface area contributed by atoms with Crippen molar-refractivity contribution in [1.29, 1.82) is 0 Å². The number of aliphatic hydroxyl groups is 1. The van der Waals surface area contributed by atoms with E-state index in [0.29, 0.717) is 6.54 Å². The Bertz CT molecular complexity index is 544. The molecule has 1 aliphatic heterocycles. The number of β-amino-alcohol motifs (C(OH)–C–C–N with tert-alkyl or cyclic N) is 1. The molecule has 0 aromatic heterocycles. The first-order chi connectivity index (χ1) is 10.4. The van der Waals surface area contributed by atoms with Crippen LogP contribution in [0.4, 0.5) is 0 Å². The molecule has 1 aromatic carbocycles. The highest BCUT2D eigenvalue weighted by Gasteiger charge is 2.19. The lowest BCUT2D eigenvalue weighted by Gasteiger charge is -2.35. The van der Waals surface area contributed by atoms with Crippen molar-refractivity contribution in [3.8, 4) is 0 Å². The van der Waals surface area contributed by atoms with Crippen LogP contribution in [0.1, 0.15) is 5.56 Å². The largest absolute Gasteiger partial charge is 0.390 e. The second-order valence-corrected chi connectivity index (χ2v) is 6.78. The summed E-state index contributed by atoms with van der Waals surface area (Å²) in [5.41, 5.74) is 1.29. The SMILES string of the molecule is O=S(=O)(O)NCC(O)CN1CCN(Cc2ccccc2)CC1. The van der Waals surface area contributed by atoms with Crippen LogP contribution in [0.25, 0.3) is 0 Å². The predicted molar refractivity (Wildman–Crippen MR) is 83.7 cm³/mol. The van der Waals surface area contributed by atoms with Crippen LogP contribution in [-0.4, -0.2) is 73.2 Å². The molecule has 1 aromatic rings. The number of aliphatic hydroxyl groups excluding tert-OH is 1. The molecule has 1 saturated heterocycles. The van der Waals surface area contributed by atoms with Gasteiger partial charge in [-0.25, -0.2) is 0 Å². The first kappa shape index (κ1) is 17.3. The summed E-state index contributed by atoms with van der Waals surface area (Å²) in [5.74, 6) is 0. The third-order valence-corrected chi connectivity index (χ3v) is 4.22. The van der Waals surface area contributed by atoms with Gasteiger partial charge in [0.15, 0.2) is 0 Å². The van der Waals surface area contributed by atoms with Gasteiger partial charge in [0, 0.05) is 45.8 Å². The minimum atomic E-state index is -4.24. The van der Waals surface area contributed by atoms with E-state index in [1.807, 2.05) is 22.9 Å². The van der Waals surface area contributed by atoms with Gasteiger partial charge >= 0.3 is 10.3 Å². The van der Waals surface area contributed by atoms with Crippen LogP contribution in [0.5, 0.6) is 0 Å². The summed E-state index contributed by atoms with van der Waals surface area (Å²) in [5, 5.41) is 9.77. The summed E-state index contributed by atoms with van der Waals surface area (Å²) in [6.07, 6.45) is -0.831. The summed E-state index contributed by atoms with van der Waals surface area (Å²) in [6, 6.07) is 10.3. The second kappa shape index (κ2) is 8.00. The Morgan fingerprint density at radius 1 is 1.09 bits per heavy atom. The maximum atomic E-state index is 10.6. The third kappa shape index (κ3) is 6.39. The van der Waals surface area contributed by atoms with Crippen LogP contribution < -0.4 is 4.72 Å². The van der Waals surface area contributed by atoms with E-state index in [2.05, 4.69) is 21.9 Å². The average molecular weight is 329 g/mol. The molecule has 124 valence electrons. The van der Waals surface area contributed by atoms with Crippen LogP contribution >= 0.6 is 0 Å². The highest BCUT2D eigenvalue weighted by atomic mass is 32.2. The first-order valence-electron chi connectivity index (χ1n) is 7.31. The number of nitrogens with zero attached hydrogens (tertiary/aromatic N) is 2. The third-order valence-electron chi connectivity index (χ3n) is 3.68. The van der Waals surface area contributed by atoms with Crippen LogP contribution in [0.3, 0.4) is 0 Å². The lowest BCUT2D eigenvalue weighted by Crippen LogP contribution is -2.49. The zero-order valence-electron chi connectivity index (χ0n) is 12.4. The van der Waals surface area contributed by atoms with E-state index >= 15 is 0 Å². The van der Waals surface area contributed by atoms with Gasteiger partial charge in [-0.3, -0.25) is 14.4 Å². The molecule has 0 amide bonds. The summed E-state index contributed by atoms with van der Waals surface area (Å²) in [7, 11) is -4.24. The zero-order chi connectivity index (χ0) is 16.0. The fourth-order valence-corrected chi connectivity index (χ4v) is 2.94. The fraction of sp³-hybridized carbons (Fsp3) is 0.571. The molecule has 3 N–H and O–H groups in total. The van der Waals surface area contributed by atoms with Gasteiger partial charge in [-0.1, -0.05) is 30.3 Å². The lowest BCUT2D eigenvalue weighted by molar-refractivity contribution is 0.0721. The molecule has 1 aliphatic rings. The molecule has 0 saturated carbocycles. The van der Waals surface area contributed by atoms with Crippen molar-refractivity contribution in [3.63, 3.8) is 0 Å². The Kier molecular flexibility index (Phi) is 6.30. The van der Waals surface area contributed by atoms with E-state index in [9.17, 15) is 13.5 Å². The van der Waals surface area contributed by atoms with Gasteiger partial charge in [0.05, 0.1) is 6.10 Å². The van der Waals surface area contributed by atoms with Crippen LogP contribution in [-0.2, 0) is 16.8 Å². The molecule has 0 aliphatic carbocycles. The maximum Gasteiger partial charge on any atom is 0.333 e. The van der Waals surface area contributed by atoms with E-state index in [1.165, 1.54) is 5.56 Å².